The smallest absolute Gasteiger partial charge is 0.336 e. The number of nitrogens with zero attached hydrogens (tertiary/aromatic N) is 1. The normalized spacial score (nSPS) is 10.5. The summed E-state index contributed by atoms with van der Waals surface area (Å²) in [6.45, 7) is 0. The number of halogens is 1. The van der Waals surface area contributed by atoms with Crippen LogP contribution in [0.4, 0.5) is 4.39 Å². The fourth-order valence-electron chi connectivity index (χ4n) is 2.18. The van der Waals surface area contributed by atoms with Crippen molar-refractivity contribution in [3.05, 3.63) is 66.0 Å². The number of carbonyl (C=O) groups is 1. The van der Waals surface area contributed by atoms with Gasteiger partial charge < -0.3 is 5.11 Å². The Morgan fingerprint density at radius 2 is 1.86 bits per heavy atom. The van der Waals surface area contributed by atoms with E-state index >= 15 is 0 Å². The molecule has 1 heterocycles. The highest BCUT2D eigenvalue weighted by Gasteiger charge is 2.18. The van der Waals surface area contributed by atoms with Gasteiger partial charge in [0.05, 0.1) is 17.0 Å². The molecule has 21 heavy (non-hydrogen) atoms. The molecular formula is C16H11FN2O2. The van der Waals surface area contributed by atoms with Crippen LogP contribution in [0, 0.1) is 5.82 Å². The Morgan fingerprint density at radius 1 is 1.10 bits per heavy atom. The summed E-state index contributed by atoms with van der Waals surface area (Å²) in [5.41, 5.74) is 1.75. The number of rotatable bonds is 3. The lowest BCUT2D eigenvalue weighted by molar-refractivity contribution is 0.0697. The van der Waals surface area contributed by atoms with Crippen molar-refractivity contribution in [2.75, 3.05) is 0 Å². The van der Waals surface area contributed by atoms with Gasteiger partial charge in [-0.1, -0.05) is 36.4 Å². The summed E-state index contributed by atoms with van der Waals surface area (Å²) in [5.74, 6) is -1.78. The van der Waals surface area contributed by atoms with Gasteiger partial charge in [-0.3, -0.25) is 5.10 Å². The SMILES string of the molecule is O=C(O)c1cccc(F)c1-c1cc(-c2ccccc2)n[nH]1. The standard InChI is InChI=1S/C16H11FN2O2/c17-12-8-4-7-11(16(20)21)15(12)14-9-13(18-19-14)10-5-2-1-3-6-10/h1-9H,(H,18,19)(H,20,21). The van der Waals surface area contributed by atoms with E-state index in [0.717, 1.165) is 5.56 Å². The fraction of sp³-hybridized carbons (Fsp3) is 0. The van der Waals surface area contributed by atoms with Gasteiger partial charge in [-0.15, -0.1) is 0 Å². The van der Waals surface area contributed by atoms with Crippen LogP contribution in [0.25, 0.3) is 22.5 Å². The molecule has 0 aliphatic heterocycles. The van der Waals surface area contributed by atoms with Gasteiger partial charge in [-0.25, -0.2) is 9.18 Å². The van der Waals surface area contributed by atoms with Crippen LogP contribution in [0.2, 0.25) is 0 Å². The van der Waals surface area contributed by atoms with Crippen molar-refractivity contribution >= 4 is 5.97 Å². The molecule has 4 nitrogen and oxygen atoms in total. The number of aromatic carboxylic acids is 1. The van der Waals surface area contributed by atoms with Crippen LogP contribution in [0.5, 0.6) is 0 Å². The molecule has 0 unspecified atom stereocenters. The van der Waals surface area contributed by atoms with Crippen molar-refractivity contribution in [2.24, 2.45) is 0 Å². The molecule has 3 aromatic rings. The average Bonchev–Trinajstić information content (AvgIpc) is 2.97. The quantitative estimate of drug-likeness (QED) is 0.771. The van der Waals surface area contributed by atoms with E-state index in [0.29, 0.717) is 11.4 Å². The largest absolute Gasteiger partial charge is 0.478 e. The number of H-pyrrole nitrogens is 1. The topological polar surface area (TPSA) is 66.0 Å². The monoisotopic (exact) mass is 282 g/mol. The van der Waals surface area contributed by atoms with Crippen molar-refractivity contribution in [3.8, 4) is 22.5 Å². The predicted octanol–water partition coefficient (Wildman–Crippen LogP) is 3.58. The maximum Gasteiger partial charge on any atom is 0.336 e. The first-order valence-electron chi connectivity index (χ1n) is 6.30. The van der Waals surface area contributed by atoms with Crippen molar-refractivity contribution in [1.82, 2.24) is 10.2 Å². The Hall–Kier alpha value is -2.95. The van der Waals surface area contributed by atoms with Crippen molar-refractivity contribution in [1.29, 1.82) is 0 Å². The Labute approximate surface area is 119 Å². The van der Waals surface area contributed by atoms with Gasteiger partial charge in [-0.2, -0.15) is 5.10 Å². The van der Waals surface area contributed by atoms with Gasteiger partial charge in [0.2, 0.25) is 0 Å². The Morgan fingerprint density at radius 3 is 2.57 bits per heavy atom. The number of aromatic nitrogens is 2. The minimum atomic E-state index is -1.18. The van der Waals surface area contributed by atoms with Gasteiger partial charge in [-0.05, 0) is 18.2 Å². The Kier molecular flexibility index (Phi) is 3.23. The lowest BCUT2D eigenvalue weighted by Gasteiger charge is -2.04. The zero-order valence-electron chi connectivity index (χ0n) is 10.9. The zero-order valence-corrected chi connectivity index (χ0v) is 10.9. The third kappa shape index (κ3) is 2.41. The molecule has 0 saturated carbocycles. The second-order valence-corrected chi connectivity index (χ2v) is 4.50. The van der Waals surface area contributed by atoms with Gasteiger partial charge >= 0.3 is 5.97 Å². The summed E-state index contributed by atoms with van der Waals surface area (Å²) < 4.78 is 14.0. The molecule has 2 N–H and O–H groups in total. The molecular weight excluding hydrogens is 271 g/mol. The van der Waals surface area contributed by atoms with Crippen LogP contribution in [-0.2, 0) is 0 Å². The summed E-state index contributed by atoms with van der Waals surface area (Å²) in [4.78, 5) is 11.2. The van der Waals surface area contributed by atoms with E-state index in [9.17, 15) is 14.3 Å². The first-order valence-corrected chi connectivity index (χ1v) is 6.30. The molecule has 0 fully saturated rings. The Bertz CT molecular complexity index is 797. The maximum atomic E-state index is 14.0. The maximum absolute atomic E-state index is 14.0. The Balaban J connectivity index is 2.11. The number of hydrogen-bond acceptors (Lipinski definition) is 2. The molecule has 104 valence electrons. The highest BCUT2D eigenvalue weighted by atomic mass is 19.1. The van der Waals surface area contributed by atoms with Gasteiger partial charge in [0.25, 0.3) is 0 Å². The number of nitrogens with one attached hydrogen (secondary N) is 1. The molecule has 0 spiro atoms. The minimum Gasteiger partial charge on any atom is -0.478 e. The predicted molar refractivity (Wildman–Crippen MR) is 76.4 cm³/mol. The summed E-state index contributed by atoms with van der Waals surface area (Å²) in [6.07, 6.45) is 0. The van der Waals surface area contributed by atoms with Crippen molar-refractivity contribution < 1.29 is 14.3 Å². The lowest BCUT2D eigenvalue weighted by Crippen LogP contribution is -2.01. The molecule has 0 atom stereocenters. The van der Waals surface area contributed by atoms with Gasteiger partial charge in [0.1, 0.15) is 5.82 Å². The van der Waals surface area contributed by atoms with Crippen LogP contribution in [0.1, 0.15) is 10.4 Å². The molecule has 3 rings (SSSR count). The van der Waals surface area contributed by atoms with E-state index < -0.39 is 11.8 Å². The van der Waals surface area contributed by atoms with Crippen LogP contribution in [0.3, 0.4) is 0 Å². The third-order valence-electron chi connectivity index (χ3n) is 3.16. The number of carboxylic acid groups (broad SMARTS) is 1. The molecule has 0 amide bonds. The van der Waals surface area contributed by atoms with Crippen LogP contribution < -0.4 is 0 Å². The van der Waals surface area contributed by atoms with E-state index in [-0.39, 0.29) is 11.1 Å². The summed E-state index contributed by atoms with van der Waals surface area (Å²) in [6, 6.07) is 15.0. The van der Waals surface area contributed by atoms with E-state index in [4.69, 9.17) is 0 Å². The first kappa shape index (κ1) is 13.1. The van der Waals surface area contributed by atoms with Gasteiger partial charge in [0.15, 0.2) is 0 Å². The molecule has 0 bridgehead atoms. The molecule has 0 saturated heterocycles. The molecule has 0 aliphatic carbocycles. The number of aromatic amines is 1. The van der Waals surface area contributed by atoms with E-state index in [2.05, 4.69) is 10.2 Å². The highest BCUT2D eigenvalue weighted by molar-refractivity contribution is 5.95. The average molecular weight is 282 g/mol. The lowest BCUT2D eigenvalue weighted by atomic mass is 10.0. The van der Waals surface area contributed by atoms with Crippen molar-refractivity contribution in [2.45, 2.75) is 0 Å². The number of benzene rings is 2. The van der Waals surface area contributed by atoms with E-state index in [1.807, 2.05) is 30.3 Å². The van der Waals surface area contributed by atoms with Crippen LogP contribution in [-0.4, -0.2) is 21.3 Å². The second kappa shape index (κ2) is 5.20. The van der Waals surface area contributed by atoms with Gasteiger partial charge in [0, 0.05) is 11.1 Å². The highest BCUT2D eigenvalue weighted by Crippen LogP contribution is 2.28. The van der Waals surface area contributed by atoms with Crippen LogP contribution >= 0.6 is 0 Å². The molecule has 0 aliphatic rings. The van der Waals surface area contributed by atoms with Crippen molar-refractivity contribution in [3.63, 3.8) is 0 Å². The zero-order chi connectivity index (χ0) is 14.8. The van der Waals surface area contributed by atoms with E-state index in [1.165, 1.54) is 18.2 Å². The molecule has 2 aromatic carbocycles. The number of hydrogen-bond donors (Lipinski definition) is 2. The summed E-state index contributed by atoms with van der Waals surface area (Å²) >= 11 is 0. The first-order chi connectivity index (χ1) is 10.2. The molecule has 5 heteroatoms. The fourth-order valence-corrected chi connectivity index (χ4v) is 2.18. The third-order valence-corrected chi connectivity index (χ3v) is 3.16. The van der Waals surface area contributed by atoms with Crippen LogP contribution in [0.15, 0.2) is 54.6 Å². The summed E-state index contributed by atoms with van der Waals surface area (Å²) in [5, 5.41) is 16.0. The van der Waals surface area contributed by atoms with E-state index in [1.54, 1.807) is 6.07 Å². The minimum absolute atomic E-state index is 0.0136. The second-order valence-electron chi connectivity index (χ2n) is 4.50. The summed E-state index contributed by atoms with van der Waals surface area (Å²) in [7, 11) is 0. The number of carboxylic acids is 1. The molecule has 1 aromatic heterocycles. The molecule has 0 radical (unpaired) electrons.